The van der Waals surface area contributed by atoms with Gasteiger partial charge in [0.15, 0.2) is 5.13 Å². The Morgan fingerprint density at radius 2 is 1.88 bits per heavy atom. The van der Waals surface area contributed by atoms with Gasteiger partial charge >= 0.3 is 0 Å². The van der Waals surface area contributed by atoms with E-state index in [0.29, 0.717) is 6.04 Å². The van der Waals surface area contributed by atoms with Gasteiger partial charge in [0.2, 0.25) is 0 Å². The second kappa shape index (κ2) is 9.92. The van der Waals surface area contributed by atoms with E-state index < -0.39 is 0 Å². The predicted octanol–water partition coefficient (Wildman–Crippen LogP) is 3.87. The molecule has 9 heteroatoms. The fraction of sp³-hybridized carbons (Fsp3) is 0.625. The number of thiophene rings is 1. The highest BCUT2D eigenvalue weighted by Gasteiger charge is 2.25. The highest BCUT2D eigenvalue weighted by atomic mass is 35.5. The van der Waals surface area contributed by atoms with Gasteiger partial charge in [-0.1, -0.05) is 11.3 Å². The smallest absolute Gasteiger partial charge is 0.264 e. The number of carbonyl (C=O) groups excluding carboxylic acids is 1. The molecule has 1 aliphatic heterocycles. The quantitative estimate of drug-likeness (QED) is 0.790. The lowest BCUT2D eigenvalue weighted by molar-refractivity contribution is 0.0708. The van der Waals surface area contributed by atoms with Gasteiger partial charge in [0.25, 0.3) is 5.91 Å². The third-order valence-electron chi connectivity index (χ3n) is 4.50. The van der Waals surface area contributed by atoms with E-state index in [0.717, 1.165) is 58.6 Å². The van der Waals surface area contributed by atoms with Crippen LogP contribution in [-0.4, -0.2) is 55.1 Å². The molecule has 142 valence electrons. The maximum atomic E-state index is 12.7. The molecule has 1 N–H and O–H groups in total. The summed E-state index contributed by atoms with van der Waals surface area (Å²) in [6.07, 6.45) is 2.07. The Morgan fingerprint density at radius 3 is 2.44 bits per heavy atom. The zero-order valence-electron chi connectivity index (χ0n) is 14.8. The molecule has 0 bridgehead atoms. The topological polar surface area (TPSA) is 48.5 Å². The normalized spacial score (nSPS) is 14.7. The first-order valence-electron chi connectivity index (χ1n) is 8.27. The molecule has 0 unspecified atom stereocenters. The SMILES string of the molecule is CCN(CC)c1nc2sc(C(=O)N(C)C3CCNCC3)cc2s1.Cl.Cl. The lowest BCUT2D eigenvalue weighted by Gasteiger charge is -2.31. The van der Waals surface area contributed by atoms with Crippen LogP contribution in [0.1, 0.15) is 36.4 Å². The summed E-state index contributed by atoms with van der Waals surface area (Å²) in [6, 6.07) is 2.37. The van der Waals surface area contributed by atoms with Crippen LogP contribution in [-0.2, 0) is 0 Å². The minimum atomic E-state index is 0. The second-order valence-corrected chi connectivity index (χ2v) is 7.89. The number of nitrogens with zero attached hydrogens (tertiary/aromatic N) is 3. The third-order valence-corrected chi connectivity index (χ3v) is 6.71. The van der Waals surface area contributed by atoms with Gasteiger partial charge < -0.3 is 15.1 Å². The third kappa shape index (κ3) is 4.77. The standard InChI is InChI=1S/C16H24N4OS2.2ClH/c1-4-20(5-2)16-18-14-12(23-16)10-13(22-14)15(21)19(3)11-6-8-17-9-7-11;;/h10-11,17H,4-9H2,1-3H3;2*1H. The van der Waals surface area contributed by atoms with Gasteiger partial charge in [-0.2, -0.15) is 0 Å². The molecule has 5 nitrogen and oxygen atoms in total. The van der Waals surface area contributed by atoms with Crippen molar-refractivity contribution in [3.63, 3.8) is 0 Å². The number of hydrogen-bond acceptors (Lipinski definition) is 6. The van der Waals surface area contributed by atoms with Crippen LogP contribution in [0.5, 0.6) is 0 Å². The molecule has 0 atom stereocenters. The number of nitrogens with one attached hydrogen (secondary N) is 1. The van der Waals surface area contributed by atoms with Crippen LogP contribution in [0.4, 0.5) is 5.13 Å². The summed E-state index contributed by atoms with van der Waals surface area (Å²) in [4.78, 5) is 23.4. The van der Waals surface area contributed by atoms with Gasteiger partial charge in [-0.15, -0.1) is 36.2 Å². The monoisotopic (exact) mass is 424 g/mol. The van der Waals surface area contributed by atoms with Crippen molar-refractivity contribution in [2.45, 2.75) is 32.7 Å². The number of rotatable bonds is 5. The van der Waals surface area contributed by atoms with Gasteiger partial charge in [0.05, 0.1) is 9.58 Å². The summed E-state index contributed by atoms with van der Waals surface area (Å²) in [5.41, 5.74) is 0. The van der Waals surface area contributed by atoms with E-state index in [-0.39, 0.29) is 30.7 Å². The van der Waals surface area contributed by atoms with Crippen LogP contribution in [0.2, 0.25) is 0 Å². The number of thiazole rings is 1. The second-order valence-electron chi connectivity index (χ2n) is 5.85. The van der Waals surface area contributed by atoms with Crippen LogP contribution < -0.4 is 10.2 Å². The summed E-state index contributed by atoms with van der Waals surface area (Å²) in [7, 11) is 1.93. The number of hydrogen-bond donors (Lipinski definition) is 1. The van der Waals surface area contributed by atoms with Gasteiger partial charge in [0.1, 0.15) is 4.83 Å². The molecule has 0 saturated carbocycles. The Morgan fingerprint density at radius 1 is 1.24 bits per heavy atom. The minimum absolute atomic E-state index is 0. The number of anilines is 1. The molecule has 3 heterocycles. The average Bonchev–Trinajstić information content (AvgIpc) is 3.14. The van der Waals surface area contributed by atoms with Crippen LogP contribution in [0.15, 0.2) is 6.07 Å². The number of fused-ring (bicyclic) bond motifs is 1. The summed E-state index contributed by atoms with van der Waals surface area (Å²) in [5, 5.41) is 4.40. The van der Waals surface area contributed by atoms with Crippen molar-refractivity contribution < 1.29 is 4.79 Å². The fourth-order valence-corrected chi connectivity index (χ4v) is 5.31. The zero-order chi connectivity index (χ0) is 16.4. The summed E-state index contributed by atoms with van der Waals surface area (Å²) >= 11 is 3.21. The molecule has 3 rings (SSSR count). The highest BCUT2D eigenvalue weighted by molar-refractivity contribution is 7.29. The van der Waals surface area contributed by atoms with E-state index in [2.05, 4.69) is 24.1 Å². The number of piperidine rings is 1. The van der Waals surface area contributed by atoms with Crippen molar-refractivity contribution >= 4 is 68.1 Å². The largest absolute Gasteiger partial charge is 0.349 e. The number of amides is 1. The van der Waals surface area contributed by atoms with Gasteiger partial charge in [-0.05, 0) is 45.8 Å². The van der Waals surface area contributed by atoms with Crippen molar-refractivity contribution in [2.75, 3.05) is 38.1 Å². The Kier molecular flexibility index (Phi) is 8.91. The molecule has 2 aromatic heterocycles. The predicted molar refractivity (Wildman–Crippen MR) is 114 cm³/mol. The number of carbonyl (C=O) groups is 1. The Hall–Kier alpha value is -0.600. The van der Waals surface area contributed by atoms with E-state index in [1.54, 1.807) is 11.3 Å². The molecule has 1 amide bonds. The molecule has 1 aliphatic rings. The van der Waals surface area contributed by atoms with Crippen LogP contribution >= 0.6 is 47.5 Å². The first-order chi connectivity index (χ1) is 11.1. The van der Waals surface area contributed by atoms with Gasteiger partial charge in [-0.3, -0.25) is 4.79 Å². The van der Waals surface area contributed by atoms with Crippen molar-refractivity contribution in [1.82, 2.24) is 15.2 Å². The fourth-order valence-electron chi connectivity index (χ4n) is 2.99. The average molecular weight is 425 g/mol. The van der Waals surface area contributed by atoms with Crippen molar-refractivity contribution in [1.29, 1.82) is 0 Å². The lowest BCUT2D eigenvalue weighted by Crippen LogP contribution is -2.43. The lowest BCUT2D eigenvalue weighted by atomic mass is 10.1. The van der Waals surface area contributed by atoms with Crippen molar-refractivity contribution in [2.24, 2.45) is 0 Å². The molecule has 25 heavy (non-hydrogen) atoms. The molecule has 1 fully saturated rings. The minimum Gasteiger partial charge on any atom is -0.349 e. The number of halogens is 2. The maximum absolute atomic E-state index is 12.7. The van der Waals surface area contributed by atoms with Crippen molar-refractivity contribution in [3.05, 3.63) is 10.9 Å². The first kappa shape index (κ1) is 22.4. The summed E-state index contributed by atoms with van der Waals surface area (Å²) in [6.45, 7) is 8.19. The molecule has 0 aliphatic carbocycles. The summed E-state index contributed by atoms with van der Waals surface area (Å²) < 4.78 is 1.12. The van der Waals surface area contributed by atoms with Gasteiger partial charge in [-0.25, -0.2) is 4.98 Å². The maximum Gasteiger partial charge on any atom is 0.264 e. The molecule has 0 aromatic carbocycles. The Bertz CT molecular complexity index is 649. The molecule has 2 aromatic rings. The van der Waals surface area contributed by atoms with Crippen LogP contribution in [0.25, 0.3) is 9.53 Å². The van der Waals surface area contributed by atoms with Gasteiger partial charge in [0, 0.05) is 26.2 Å². The van der Waals surface area contributed by atoms with Crippen LogP contribution in [0.3, 0.4) is 0 Å². The summed E-state index contributed by atoms with van der Waals surface area (Å²) in [5.74, 6) is 0.136. The zero-order valence-corrected chi connectivity index (χ0v) is 18.0. The van der Waals surface area contributed by atoms with Crippen molar-refractivity contribution in [3.8, 4) is 0 Å². The molecular formula is C16H26Cl2N4OS2. The highest BCUT2D eigenvalue weighted by Crippen LogP contribution is 2.35. The number of aromatic nitrogens is 1. The van der Waals surface area contributed by atoms with Crippen LogP contribution in [0, 0.1) is 0 Å². The first-order valence-corrected chi connectivity index (χ1v) is 9.90. The molecular weight excluding hydrogens is 399 g/mol. The Labute approximate surface area is 169 Å². The molecule has 0 spiro atoms. The molecule has 1 saturated heterocycles. The van der Waals surface area contributed by atoms with E-state index in [1.165, 1.54) is 11.3 Å². The van der Waals surface area contributed by atoms with E-state index in [1.807, 2.05) is 18.0 Å². The Balaban J connectivity index is 0.00000156. The van der Waals surface area contributed by atoms with E-state index in [4.69, 9.17) is 4.98 Å². The molecule has 0 radical (unpaired) electrons. The van der Waals surface area contributed by atoms with E-state index in [9.17, 15) is 4.79 Å². The van der Waals surface area contributed by atoms with E-state index >= 15 is 0 Å².